The number of hydrogen-bond donors (Lipinski definition) is 2. The van der Waals surface area contributed by atoms with Gasteiger partial charge in [-0.2, -0.15) is 0 Å². The van der Waals surface area contributed by atoms with Crippen molar-refractivity contribution in [3.05, 3.63) is 35.9 Å². The molecule has 3 N–H and O–H groups in total. The van der Waals surface area contributed by atoms with Crippen LogP contribution in [-0.4, -0.2) is 24.0 Å². The monoisotopic (exact) mass is 276 g/mol. The first-order valence-corrected chi connectivity index (χ1v) is 7.48. The number of thioether (sulfide) groups is 1. The summed E-state index contributed by atoms with van der Waals surface area (Å²) in [6.45, 7) is 0.658. The Kier molecular flexibility index (Phi) is 7.80. The number of hydrogen-bond acceptors (Lipinski definition) is 3. The van der Waals surface area contributed by atoms with Gasteiger partial charge in [0.05, 0.1) is 5.75 Å². The highest BCUT2D eigenvalue weighted by Gasteiger charge is 2.08. The molecule has 1 atom stereocenters. The highest BCUT2D eigenvalue weighted by Crippen LogP contribution is 2.14. The molecule has 1 aromatic rings. The SMILES string of the molecule is C#CCSCCNC(=O)CCC(N)c1ccccc1. The van der Waals surface area contributed by atoms with Gasteiger partial charge in [-0.05, 0) is 12.0 Å². The Labute approximate surface area is 119 Å². The second kappa shape index (κ2) is 9.48. The van der Waals surface area contributed by atoms with Crippen LogP contribution in [0, 0.1) is 12.3 Å². The van der Waals surface area contributed by atoms with E-state index in [-0.39, 0.29) is 11.9 Å². The van der Waals surface area contributed by atoms with Gasteiger partial charge >= 0.3 is 0 Å². The van der Waals surface area contributed by atoms with Crippen LogP contribution in [0.1, 0.15) is 24.4 Å². The predicted octanol–water partition coefficient (Wildman–Crippen LogP) is 1.95. The zero-order valence-electron chi connectivity index (χ0n) is 11.0. The van der Waals surface area contributed by atoms with Crippen molar-refractivity contribution < 1.29 is 4.79 Å². The number of nitrogens with one attached hydrogen (secondary N) is 1. The van der Waals surface area contributed by atoms with Gasteiger partial charge in [-0.1, -0.05) is 36.3 Å². The lowest BCUT2D eigenvalue weighted by Gasteiger charge is -2.11. The van der Waals surface area contributed by atoms with Crippen molar-refractivity contribution in [2.24, 2.45) is 5.73 Å². The van der Waals surface area contributed by atoms with E-state index in [1.165, 1.54) is 0 Å². The summed E-state index contributed by atoms with van der Waals surface area (Å²) in [5.41, 5.74) is 7.10. The number of amides is 1. The van der Waals surface area contributed by atoms with Gasteiger partial charge in [-0.3, -0.25) is 4.79 Å². The zero-order chi connectivity index (χ0) is 13.9. The molecule has 0 saturated heterocycles. The van der Waals surface area contributed by atoms with E-state index in [9.17, 15) is 4.79 Å². The highest BCUT2D eigenvalue weighted by atomic mass is 32.2. The Bertz CT molecular complexity index is 414. The quantitative estimate of drug-likeness (QED) is 0.563. The van der Waals surface area contributed by atoms with Crippen LogP contribution in [0.25, 0.3) is 0 Å². The van der Waals surface area contributed by atoms with Crippen molar-refractivity contribution in [2.75, 3.05) is 18.1 Å². The van der Waals surface area contributed by atoms with Crippen molar-refractivity contribution >= 4 is 17.7 Å². The van der Waals surface area contributed by atoms with Gasteiger partial charge in [0.25, 0.3) is 0 Å². The first-order valence-electron chi connectivity index (χ1n) is 6.32. The lowest BCUT2D eigenvalue weighted by atomic mass is 10.0. The van der Waals surface area contributed by atoms with Gasteiger partial charge in [-0.25, -0.2) is 0 Å². The second-order valence-electron chi connectivity index (χ2n) is 4.16. The maximum atomic E-state index is 11.6. The lowest BCUT2D eigenvalue weighted by Crippen LogP contribution is -2.26. The van der Waals surface area contributed by atoms with Crippen LogP contribution >= 0.6 is 11.8 Å². The van der Waals surface area contributed by atoms with Crippen LogP contribution in [0.15, 0.2) is 30.3 Å². The first-order chi connectivity index (χ1) is 9.24. The Morgan fingerprint density at radius 2 is 2.16 bits per heavy atom. The van der Waals surface area contributed by atoms with Crippen LogP contribution < -0.4 is 11.1 Å². The third-order valence-corrected chi connectivity index (χ3v) is 3.53. The van der Waals surface area contributed by atoms with E-state index in [1.807, 2.05) is 30.3 Å². The summed E-state index contributed by atoms with van der Waals surface area (Å²) in [6.07, 6.45) is 6.25. The number of carbonyl (C=O) groups is 1. The van der Waals surface area contributed by atoms with Crippen molar-refractivity contribution in [3.8, 4) is 12.3 Å². The minimum absolute atomic E-state index is 0.0488. The van der Waals surface area contributed by atoms with Gasteiger partial charge in [0.15, 0.2) is 0 Å². The molecule has 4 heteroatoms. The molecule has 1 aromatic carbocycles. The van der Waals surface area contributed by atoms with Crippen molar-refractivity contribution in [3.63, 3.8) is 0 Å². The molecule has 1 amide bonds. The van der Waals surface area contributed by atoms with Crippen LogP contribution in [0.4, 0.5) is 0 Å². The molecule has 3 nitrogen and oxygen atoms in total. The first kappa shape index (κ1) is 15.6. The van der Waals surface area contributed by atoms with E-state index < -0.39 is 0 Å². The summed E-state index contributed by atoms with van der Waals surface area (Å²) >= 11 is 1.64. The molecule has 102 valence electrons. The fourth-order valence-corrected chi connectivity index (χ4v) is 2.14. The van der Waals surface area contributed by atoms with E-state index in [0.717, 1.165) is 11.3 Å². The van der Waals surface area contributed by atoms with Gasteiger partial charge in [-0.15, -0.1) is 18.2 Å². The van der Waals surface area contributed by atoms with Gasteiger partial charge < -0.3 is 11.1 Å². The fraction of sp³-hybridized carbons (Fsp3) is 0.400. The molecule has 0 aromatic heterocycles. The molecular weight excluding hydrogens is 256 g/mol. The van der Waals surface area contributed by atoms with Gasteiger partial charge in [0, 0.05) is 24.8 Å². The van der Waals surface area contributed by atoms with Gasteiger partial charge in [0.1, 0.15) is 0 Å². The minimum atomic E-state index is -0.0808. The summed E-state index contributed by atoms with van der Waals surface area (Å²) in [5.74, 6) is 4.13. The largest absolute Gasteiger partial charge is 0.355 e. The molecule has 0 bridgehead atoms. The Morgan fingerprint density at radius 3 is 2.84 bits per heavy atom. The molecular formula is C15H20N2OS. The van der Waals surface area contributed by atoms with E-state index >= 15 is 0 Å². The number of nitrogens with two attached hydrogens (primary N) is 1. The molecule has 0 fully saturated rings. The number of carbonyl (C=O) groups excluding carboxylic acids is 1. The van der Waals surface area contributed by atoms with Crippen molar-refractivity contribution in [2.45, 2.75) is 18.9 Å². The average molecular weight is 276 g/mol. The molecule has 0 spiro atoms. The molecule has 19 heavy (non-hydrogen) atoms. The lowest BCUT2D eigenvalue weighted by molar-refractivity contribution is -0.121. The molecule has 0 aliphatic carbocycles. The van der Waals surface area contributed by atoms with Crippen LogP contribution in [0.5, 0.6) is 0 Å². The Hall–Kier alpha value is -1.44. The smallest absolute Gasteiger partial charge is 0.220 e. The molecule has 0 aliphatic heterocycles. The minimum Gasteiger partial charge on any atom is -0.355 e. The maximum absolute atomic E-state index is 11.6. The van der Waals surface area contributed by atoms with E-state index in [2.05, 4.69) is 11.2 Å². The predicted molar refractivity (Wildman–Crippen MR) is 81.8 cm³/mol. The summed E-state index contributed by atoms with van der Waals surface area (Å²) < 4.78 is 0. The second-order valence-corrected chi connectivity index (χ2v) is 5.27. The third-order valence-electron chi connectivity index (χ3n) is 2.66. The standard InChI is InChI=1S/C15H20N2OS/c1-2-11-19-12-10-17-15(18)9-8-14(16)13-6-4-3-5-7-13/h1,3-7,14H,8-12,16H2,(H,17,18). The highest BCUT2D eigenvalue weighted by molar-refractivity contribution is 7.99. The Morgan fingerprint density at radius 1 is 1.42 bits per heavy atom. The topological polar surface area (TPSA) is 55.1 Å². The molecule has 0 aliphatic rings. The summed E-state index contributed by atoms with van der Waals surface area (Å²) in [5, 5.41) is 2.86. The van der Waals surface area contributed by atoms with E-state index in [0.29, 0.717) is 25.1 Å². The van der Waals surface area contributed by atoms with Crippen molar-refractivity contribution in [1.82, 2.24) is 5.32 Å². The Balaban J connectivity index is 2.15. The molecule has 1 rings (SSSR count). The summed E-state index contributed by atoms with van der Waals surface area (Å²) in [7, 11) is 0. The molecule has 1 unspecified atom stereocenters. The van der Waals surface area contributed by atoms with Gasteiger partial charge in [0.2, 0.25) is 5.91 Å². The summed E-state index contributed by atoms with van der Waals surface area (Å²) in [6, 6.07) is 9.76. The number of rotatable bonds is 8. The average Bonchev–Trinajstić information content (AvgIpc) is 2.45. The van der Waals surface area contributed by atoms with Crippen LogP contribution in [0.3, 0.4) is 0 Å². The molecule has 0 saturated carbocycles. The molecule has 0 heterocycles. The van der Waals surface area contributed by atoms with E-state index in [4.69, 9.17) is 12.2 Å². The van der Waals surface area contributed by atoms with Crippen LogP contribution in [-0.2, 0) is 4.79 Å². The summed E-state index contributed by atoms with van der Waals surface area (Å²) in [4.78, 5) is 11.6. The number of benzene rings is 1. The number of terminal acetylenes is 1. The third kappa shape index (κ3) is 6.90. The maximum Gasteiger partial charge on any atom is 0.220 e. The van der Waals surface area contributed by atoms with Crippen molar-refractivity contribution in [1.29, 1.82) is 0 Å². The van der Waals surface area contributed by atoms with E-state index in [1.54, 1.807) is 11.8 Å². The molecule has 0 radical (unpaired) electrons. The fourth-order valence-electron chi connectivity index (χ4n) is 1.64. The van der Waals surface area contributed by atoms with Crippen LogP contribution in [0.2, 0.25) is 0 Å². The zero-order valence-corrected chi connectivity index (χ0v) is 11.8. The normalized spacial score (nSPS) is 11.6.